The van der Waals surface area contributed by atoms with E-state index in [0.717, 1.165) is 18.5 Å². The number of aryl methyl sites for hydroxylation is 1. The van der Waals surface area contributed by atoms with Gasteiger partial charge in [0.1, 0.15) is 0 Å². The molecule has 0 saturated carbocycles. The average Bonchev–Trinajstić information content (AvgIpc) is 2.38. The van der Waals surface area contributed by atoms with Gasteiger partial charge in [0.2, 0.25) is 5.56 Å². The maximum Gasteiger partial charge on any atom is 0.248 e. The molecule has 0 aliphatic heterocycles. The minimum absolute atomic E-state index is 0.0231. The van der Waals surface area contributed by atoms with Gasteiger partial charge in [0.05, 0.1) is 0 Å². The summed E-state index contributed by atoms with van der Waals surface area (Å²) in [7, 11) is 0. The molecule has 0 fully saturated rings. The lowest BCUT2D eigenvalue weighted by atomic mass is 9.90. The highest BCUT2D eigenvalue weighted by Gasteiger charge is 2.22. The molecule has 2 N–H and O–H groups in total. The summed E-state index contributed by atoms with van der Waals surface area (Å²) in [5.74, 6) is 0. The van der Waals surface area contributed by atoms with Gasteiger partial charge in [-0.2, -0.15) is 0 Å². The van der Waals surface area contributed by atoms with Crippen LogP contribution >= 0.6 is 0 Å². The summed E-state index contributed by atoms with van der Waals surface area (Å²) in [4.78, 5) is 14.3. The number of hydrogen-bond acceptors (Lipinski definition) is 2. The molecule has 0 saturated heterocycles. The third-order valence-corrected chi connectivity index (χ3v) is 3.90. The molecule has 2 atom stereocenters. The van der Waals surface area contributed by atoms with Crippen LogP contribution in [0.2, 0.25) is 0 Å². The molecular formula is C15H24N2O. The number of hydrogen-bond donors (Lipinski definition) is 2. The zero-order valence-corrected chi connectivity index (χ0v) is 11.5. The van der Waals surface area contributed by atoms with Gasteiger partial charge in [-0.25, -0.2) is 0 Å². The van der Waals surface area contributed by atoms with E-state index in [2.05, 4.69) is 24.1 Å². The first kappa shape index (κ1) is 13.3. The molecule has 100 valence electrons. The van der Waals surface area contributed by atoms with Gasteiger partial charge in [-0.3, -0.25) is 4.79 Å². The van der Waals surface area contributed by atoms with Gasteiger partial charge in [-0.1, -0.05) is 26.3 Å². The van der Waals surface area contributed by atoms with E-state index in [1.807, 2.05) is 6.07 Å². The Balaban J connectivity index is 2.14. The van der Waals surface area contributed by atoms with E-state index in [4.69, 9.17) is 0 Å². The Hall–Kier alpha value is -1.09. The van der Waals surface area contributed by atoms with Crippen molar-refractivity contribution in [3.8, 4) is 0 Å². The van der Waals surface area contributed by atoms with Crippen LogP contribution in [-0.2, 0) is 6.42 Å². The maximum atomic E-state index is 11.4. The summed E-state index contributed by atoms with van der Waals surface area (Å²) >= 11 is 0. The van der Waals surface area contributed by atoms with Crippen LogP contribution in [0.25, 0.3) is 0 Å². The molecule has 1 aliphatic rings. The standard InChI is InChI=1S/C15H24N2O/c1-3-6-11(4-2)16-13-7-5-8-14-12(13)9-10-15(18)17-14/h9-11,13,16H,3-8H2,1-2H3,(H,17,18). The lowest BCUT2D eigenvalue weighted by Gasteiger charge is -2.29. The Morgan fingerprint density at radius 1 is 1.44 bits per heavy atom. The molecule has 18 heavy (non-hydrogen) atoms. The van der Waals surface area contributed by atoms with Gasteiger partial charge in [0, 0.05) is 23.8 Å². The monoisotopic (exact) mass is 248 g/mol. The Morgan fingerprint density at radius 3 is 3.00 bits per heavy atom. The zero-order chi connectivity index (χ0) is 13.0. The Bertz CT molecular complexity index is 438. The van der Waals surface area contributed by atoms with Crippen LogP contribution < -0.4 is 10.9 Å². The topological polar surface area (TPSA) is 44.9 Å². The Labute approximate surface area is 109 Å². The summed E-state index contributed by atoms with van der Waals surface area (Å²) in [5, 5.41) is 3.76. The van der Waals surface area contributed by atoms with Crippen LogP contribution in [0, 0.1) is 0 Å². The summed E-state index contributed by atoms with van der Waals surface area (Å²) in [5.41, 5.74) is 2.46. The fourth-order valence-corrected chi connectivity index (χ4v) is 2.91. The van der Waals surface area contributed by atoms with Gasteiger partial charge >= 0.3 is 0 Å². The number of fused-ring (bicyclic) bond motifs is 1. The predicted octanol–water partition coefficient (Wildman–Crippen LogP) is 2.92. The normalized spacial score (nSPS) is 20.4. The van der Waals surface area contributed by atoms with Crippen molar-refractivity contribution in [2.45, 2.75) is 64.5 Å². The van der Waals surface area contributed by atoms with E-state index in [1.165, 1.54) is 31.2 Å². The molecule has 0 amide bonds. The zero-order valence-electron chi connectivity index (χ0n) is 11.5. The first-order valence-corrected chi connectivity index (χ1v) is 7.22. The predicted molar refractivity (Wildman–Crippen MR) is 74.9 cm³/mol. The lowest BCUT2D eigenvalue weighted by molar-refractivity contribution is 0.367. The second-order valence-corrected chi connectivity index (χ2v) is 5.26. The number of H-pyrrole nitrogens is 1. The molecule has 3 heteroatoms. The van der Waals surface area contributed by atoms with E-state index < -0.39 is 0 Å². The molecular weight excluding hydrogens is 224 g/mol. The highest BCUT2D eigenvalue weighted by molar-refractivity contribution is 5.26. The lowest BCUT2D eigenvalue weighted by Crippen LogP contribution is -2.35. The van der Waals surface area contributed by atoms with E-state index >= 15 is 0 Å². The maximum absolute atomic E-state index is 11.4. The Morgan fingerprint density at radius 2 is 2.28 bits per heavy atom. The SMILES string of the molecule is CCCC(CC)NC1CCCc2[nH]c(=O)ccc21. The number of aromatic amines is 1. The summed E-state index contributed by atoms with van der Waals surface area (Å²) in [6.45, 7) is 4.47. The van der Waals surface area contributed by atoms with Crippen LogP contribution in [0.15, 0.2) is 16.9 Å². The van der Waals surface area contributed by atoms with Crippen molar-refractivity contribution in [2.24, 2.45) is 0 Å². The third-order valence-electron chi connectivity index (χ3n) is 3.90. The van der Waals surface area contributed by atoms with Gasteiger partial charge < -0.3 is 10.3 Å². The summed E-state index contributed by atoms with van der Waals surface area (Å²) in [6, 6.07) is 4.67. The number of nitrogens with one attached hydrogen (secondary N) is 2. The second-order valence-electron chi connectivity index (χ2n) is 5.26. The molecule has 3 nitrogen and oxygen atoms in total. The summed E-state index contributed by atoms with van der Waals surface area (Å²) < 4.78 is 0. The molecule has 0 aromatic carbocycles. The van der Waals surface area contributed by atoms with E-state index in [1.54, 1.807) is 6.07 Å². The van der Waals surface area contributed by atoms with Gasteiger partial charge in [-0.05, 0) is 37.7 Å². The first-order valence-electron chi connectivity index (χ1n) is 7.22. The minimum atomic E-state index is 0.0231. The van der Waals surface area contributed by atoms with E-state index in [0.29, 0.717) is 12.1 Å². The van der Waals surface area contributed by atoms with Gasteiger partial charge in [-0.15, -0.1) is 0 Å². The molecule has 1 heterocycles. The van der Waals surface area contributed by atoms with Crippen LogP contribution in [0.1, 0.15) is 63.3 Å². The van der Waals surface area contributed by atoms with E-state index in [9.17, 15) is 4.79 Å². The number of pyridine rings is 1. The first-order chi connectivity index (χ1) is 8.74. The molecule has 1 aromatic rings. The fraction of sp³-hybridized carbons (Fsp3) is 0.667. The van der Waals surface area contributed by atoms with Crippen molar-refractivity contribution < 1.29 is 0 Å². The Kier molecular flexibility index (Phi) is 4.59. The van der Waals surface area contributed by atoms with Crippen molar-refractivity contribution in [3.63, 3.8) is 0 Å². The number of rotatable bonds is 5. The van der Waals surface area contributed by atoms with Crippen molar-refractivity contribution in [1.29, 1.82) is 0 Å². The fourth-order valence-electron chi connectivity index (χ4n) is 2.91. The van der Waals surface area contributed by atoms with Gasteiger partial charge in [0.25, 0.3) is 0 Å². The summed E-state index contributed by atoms with van der Waals surface area (Å²) in [6.07, 6.45) is 6.96. The minimum Gasteiger partial charge on any atom is -0.326 e. The van der Waals surface area contributed by atoms with Crippen molar-refractivity contribution in [2.75, 3.05) is 0 Å². The highest BCUT2D eigenvalue weighted by Crippen LogP contribution is 2.28. The average molecular weight is 248 g/mol. The second kappa shape index (κ2) is 6.19. The third kappa shape index (κ3) is 3.02. The van der Waals surface area contributed by atoms with Crippen molar-refractivity contribution >= 4 is 0 Å². The van der Waals surface area contributed by atoms with Crippen molar-refractivity contribution in [1.82, 2.24) is 10.3 Å². The van der Waals surface area contributed by atoms with Gasteiger partial charge in [0.15, 0.2) is 0 Å². The highest BCUT2D eigenvalue weighted by atomic mass is 16.1. The number of aromatic nitrogens is 1. The molecule has 1 aliphatic carbocycles. The van der Waals surface area contributed by atoms with Crippen LogP contribution in [0.3, 0.4) is 0 Å². The quantitative estimate of drug-likeness (QED) is 0.841. The van der Waals surface area contributed by atoms with E-state index in [-0.39, 0.29) is 5.56 Å². The molecule has 2 unspecified atom stereocenters. The van der Waals surface area contributed by atoms with Crippen molar-refractivity contribution in [3.05, 3.63) is 33.7 Å². The smallest absolute Gasteiger partial charge is 0.248 e. The van der Waals surface area contributed by atoms with Crippen LogP contribution in [-0.4, -0.2) is 11.0 Å². The molecule has 2 rings (SSSR count). The molecule has 1 aromatic heterocycles. The largest absolute Gasteiger partial charge is 0.326 e. The van der Waals surface area contributed by atoms with Crippen LogP contribution in [0.4, 0.5) is 0 Å². The molecule has 0 radical (unpaired) electrons. The molecule has 0 bridgehead atoms. The van der Waals surface area contributed by atoms with Crippen LogP contribution in [0.5, 0.6) is 0 Å². The molecule has 0 spiro atoms.